The molecule has 0 radical (unpaired) electrons. The van der Waals surface area contributed by atoms with Gasteiger partial charge in [0, 0.05) is 17.6 Å². The molecule has 0 saturated heterocycles. The Kier molecular flexibility index (Phi) is 11.2. The summed E-state index contributed by atoms with van der Waals surface area (Å²) in [6.45, 7) is 7.19. The number of sulfonamides is 1. The van der Waals surface area contributed by atoms with Crippen molar-refractivity contribution >= 4 is 39.1 Å². The molecule has 2 atom stereocenters. The lowest BCUT2D eigenvalue weighted by Gasteiger charge is -2.33. The summed E-state index contributed by atoms with van der Waals surface area (Å²) >= 11 is 6.07. The molecule has 0 aliphatic rings. The van der Waals surface area contributed by atoms with Crippen molar-refractivity contribution in [1.82, 2.24) is 10.2 Å². The van der Waals surface area contributed by atoms with E-state index in [2.05, 4.69) is 5.32 Å². The van der Waals surface area contributed by atoms with E-state index in [1.54, 1.807) is 60.7 Å². The number of hydrogen-bond donors (Lipinski definition) is 1. The first-order valence-electron chi connectivity index (χ1n) is 13.6. The molecular formula is C31H38ClN3O5S. The molecule has 0 spiro atoms. The third-order valence-electron chi connectivity index (χ3n) is 6.90. The van der Waals surface area contributed by atoms with Crippen molar-refractivity contribution in [2.75, 3.05) is 18.0 Å². The molecule has 1 N–H and O–H groups in total. The number of anilines is 1. The van der Waals surface area contributed by atoms with Crippen LogP contribution >= 0.6 is 11.6 Å². The fraction of sp³-hybridized carbons (Fsp3) is 0.355. The minimum atomic E-state index is -4.16. The molecule has 3 aromatic rings. The number of aryl methyl sites for hydroxylation is 1. The predicted octanol–water partition coefficient (Wildman–Crippen LogP) is 5.57. The number of methoxy groups -OCH3 is 1. The van der Waals surface area contributed by atoms with E-state index in [0.717, 1.165) is 21.9 Å². The Morgan fingerprint density at radius 3 is 2.07 bits per heavy atom. The van der Waals surface area contributed by atoms with Gasteiger partial charge in [0.25, 0.3) is 10.0 Å². The van der Waals surface area contributed by atoms with Gasteiger partial charge in [-0.25, -0.2) is 8.42 Å². The standard InChI is InChI=1S/C31H38ClN3O5S/c1-6-23(4)33-31(37)29(7-2)34(20-24-10-12-25(32)13-11-24)30(36)21-35(26-14-8-22(3)9-15-26)41(38,39)28-18-16-27(40-5)17-19-28/h8-19,23,29H,6-7,20-21H2,1-5H3,(H,33,37)/t23-,29+/m1/s1. The van der Waals surface area contributed by atoms with Crippen LogP contribution in [0.4, 0.5) is 5.69 Å². The number of halogens is 1. The fourth-order valence-corrected chi connectivity index (χ4v) is 5.80. The van der Waals surface area contributed by atoms with E-state index in [0.29, 0.717) is 22.9 Å². The topological polar surface area (TPSA) is 96.0 Å². The highest BCUT2D eigenvalue weighted by Crippen LogP contribution is 2.26. The molecule has 0 heterocycles. The van der Waals surface area contributed by atoms with Gasteiger partial charge in [0.15, 0.2) is 0 Å². The molecule has 220 valence electrons. The van der Waals surface area contributed by atoms with Crippen LogP contribution in [-0.4, -0.2) is 50.9 Å². The van der Waals surface area contributed by atoms with Gasteiger partial charge in [-0.05, 0) is 80.8 Å². The van der Waals surface area contributed by atoms with E-state index in [4.69, 9.17) is 16.3 Å². The second-order valence-electron chi connectivity index (χ2n) is 9.91. The van der Waals surface area contributed by atoms with E-state index in [1.807, 2.05) is 27.7 Å². The van der Waals surface area contributed by atoms with Crippen molar-refractivity contribution in [3.05, 3.63) is 88.9 Å². The second kappa shape index (κ2) is 14.4. The number of amides is 2. The molecule has 0 aliphatic heterocycles. The number of ether oxygens (including phenoxy) is 1. The van der Waals surface area contributed by atoms with Gasteiger partial charge in [-0.15, -0.1) is 0 Å². The van der Waals surface area contributed by atoms with Crippen molar-refractivity contribution in [3.8, 4) is 5.75 Å². The van der Waals surface area contributed by atoms with Gasteiger partial charge >= 0.3 is 0 Å². The molecule has 3 rings (SSSR count). The first-order valence-corrected chi connectivity index (χ1v) is 15.4. The van der Waals surface area contributed by atoms with Crippen molar-refractivity contribution in [2.45, 2.75) is 64.1 Å². The summed E-state index contributed by atoms with van der Waals surface area (Å²) in [5.41, 5.74) is 2.04. The average molecular weight is 600 g/mol. The van der Waals surface area contributed by atoms with Crippen molar-refractivity contribution in [3.63, 3.8) is 0 Å². The first-order chi connectivity index (χ1) is 19.5. The highest BCUT2D eigenvalue weighted by atomic mass is 35.5. The van der Waals surface area contributed by atoms with Crippen molar-refractivity contribution in [1.29, 1.82) is 0 Å². The Morgan fingerprint density at radius 2 is 1.54 bits per heavy atom. The third-order valence-corrected chi connectivity index (χ3v) is 8.94. The Balaban J connectivity index is 2.05. The number of carbonyl (C=O) groups is 2. The Bertz CT molecular complexity index is 1410. The molecule has 3 aromatic carbocycles. The quantitative estimate of drug-likeness (QED) is 0.277. The normalized spacial score (nSPS) is 12.7. The van der Waals surface area contributed by atoms with Gasteiger partial charge in [-0.3, -0.25) is 13.9 Å². The van der Waals surface area contributed by atoms with Crippen molar-refractivity contribution in [2.24, 2.45) is 0 Å². The highest BCUT2D eigenvalue weighted by Gasteiger charge is 2.34. The van der Waals surface area contributed by atoms with Crippen LogP contribution in [0.1, 0.15) is 44.7 Å². The summed E-state index contributed by atoms with van der Waals surface area (Å²) in [7, 11) is -2.66. The zero-order valence-corrected chi connectivity index (χ0v) is 25.7. The maximum absolute atomic E-state index is 14.1. The maximum Gasteiger partial charge on any atom is 0.264 e. The average Bonchev–Trinajstić information content (AvgIpc) is 2.97. The summed E-state index contributed by atoms with van der Waals surface area (Å²) in [6.07, 6.45) is 1.08. The number of carbonyl (C=O) groups excluding carboxylic acids is 2. The van der Waals surface area contributed by atoms with Gasteiger partial charge in [0.1, 0.15) is 18.3 Å². The molecule has 2 amide bonds. The Hall–Kier alpha value is -3.56. The van der Waals surface area contributed by atoms with Crippen LogP contribution in [0.2, 0.25) is 5.02 Å². The van der Waals surface area contributed by atoms with Gasteiger partial charge in [0.05, 0.1) is 17.7 Å². The minimum Gasteiger partial charge on any atom is -0.497 e. The van der Waals surface area contributed by atoms with Gasteiger partial charge < -0.3 is 15.0 Å². The highest BCUT2D eigenvalue weighted by molar-refractivity contribution is 7.92. The molecule has 0 fully saturated rings. The molecular weight excluding hydrogens is 562 g/mol. The number of nitrogens with zero attached hydrogens (tertiary/aromatic N) is 2. The predicted molar refractivity (Wildman–Crippen MR) is 163 cm³/mol. The zero-order valence-electron chi connectivity index (χ0n) is 24.1. The van der Waals surface area contributed by atoms with Crippen LogP contribution in [-0.2, 0) is 26.2 Å². The molecule has 8 nitrogen and oxygen atoms in total. The molecule has 0 bridgehead atoms. The number of rotatable bonds is 13. The SMILES string of the molecule is CC[C@@H](C)NC(=O)[C@H](CC)N(Cc1ccc(Cl)cc1)C(=O)CN(c1ccc(C)cc1)S(=O)(=O)c1ccc(OC)cc1. The summed E-state index contributed by atoms with van der Waals surface area (Å²) < 4.78 is 34.2. The first kappa shape index (κ1) is 32.0. The second-order valence-corrected chi connectivity index (χ2v) is 12.2. The number of hydrogen-bond acceptors (Lipinski definition) is 5. The molecule has 0 saturated carbocycles. The fourth-order valence-electron chi connectivity index (χ4n) is 4.26. The summed E-state index contributed by atoms with van der Waals surface area (Å²) in [5, 5.41) is 3.52. The number of nitrogens with one attached hydrogen (secondary N) is 1. The third kappa shape index (κ3) is 8.24. The summed E-state index contributed by atoms with van der Waals surface area (Å²) in [6, 6.07) is 19.0. The molecule has 0 aliphatic carbocycles. The zero-order chi connectivity index (χ0) is 30.2. The van der Waals surface area contributed by atoms with Crippen molar-refractivity contribution < 1.29 is 22.7 Å². The van der Waals surface area contributed by atoms with E-state index in [-0.39, 0.29) is 23.4 Å². The van der Waals surface area contributed by atoms with Gasteiger partial charge in [-0.2, -0.15) is 0 Å². The van der Waals surface area contributed by atoms with Gasteiger partial charge in [-0.1, -0.05) is 55.3 Å². The van der Waals surface area contributed by atoms with E-state index < -0.39 is 28.5 Å². The lowest BCUT2D eigenvalue weighted by atomic mass is 10.1. The Morgan fingerprint density at radius 1 is 0.927 bits per heavy atom. The molecule has 41 heavy (non-hydrogen) atoms. The van der Waals surface area contributed by atoms with Crippen LogP contribution in [0.15, 0.2) is 77.7 Å². The van der Waals surface area contributed by atoms with E-state index in [1.165, 1.54) is 24.1 Å². The van der Waals surface area contributed by atoms with Crippen LogP contribution in [0, 0.1) is 6.92 Å². The molecule has 10 heteroatoms. The lowest BCUT2D eigenvalue weighted by molar-refractivity contribution is -0.140. The Labute approximate surface area is 248 Å². The van der Waals surface area contributed by atoms with Crippen LogP contribution < -0.4 is 14.4 Å². The lowest BCUT2D eigenvalue weighted by Crippen LogP contribution is -2.53. The van der Waals surface area contributed by atoms with E-state index >= 15 is 0 Å². The summed E-state index contributed by atoms with van der Waals surface area (Å²) in [5.74, 6) is -0.290. The summed E-state index contributed by atoms with van der Waals surface area (Å²) in [4.78, 5) is 28.9. The van der Waals surface area contributed by atoms with Crippen LogP contribution in [0.25, 0.3) is 0 Å². The van der Waals surface area contributed by atoms with Crippen LogP contribution in [0.5, 0.6) is 5.75 Å². The monoisotopic (exact) mass is 599 g/mol. The maximum atomic E-state index is 14.1. The largest absolute Gasteiger partial charge is 0.497 e. The van der Waals surface area contributed by atoms with Gasteiger partial charge in [0.2, 0.25) is 11.8 Å². The smallest absolute Gasteiger partial charge is 0.264 e. The minimum absolute atomic E-state index is 0.0116. The van der Waals surface area contributed by atoms with Crippen LogP contribution in [0.3, 0.4) is 0 Å². The van der Waals surface area contributed by atoms with E-state index in [9.17, 15) is 18.0 Å². The molecule has 0 aromatic heterocycles. The molecule has 0 unspecified atom stereocenters. The number of benzene rings is 3.